The van der Waals surface area contributed by atoms with E-state index in [1.165, 1.54) is 0 Å². The summed E-state index contributed by atoms with van der Waals surface area (Å²) in [4.78, 5) is 22.2. The number of carboxylic acid groups (broad SMARTS) is 1. The lowest BCUT2D eigenvalue weighted by atomic mass is 10.2. The van der Waals surface area contributed by atoms with Crippen molar-refractivity contribution in [3.63, 3.8) is 0 Å². The van der Waals surface area contributed by atoms with Gasteiger partial charge in [-0.05, 0) is 23.8 Å². The average Bonchev–Trinajstić information content (AvgIpc) is 2.73. The van der Waals surface area contributed by atoms with E-state index in [9.17, 15) is 9.59 Å². The van der Waals surface area contributed by atoms with Crippen molar-refractivity contribution in [1.29, 1.82) is 0 Å². The molecule has 0 saturated heterocycles. The first kappa shape index (κ1) is 15.4. The molecule has 1 atom stereocenters. The third kappa shape index (κ3) is 5.69. The third-order valence-corrected chi connectivity index (χ3v) is 3.20. The van der Waals surface area contributed by atoms with E-state index in [1.54, 1.807) is 0 Å². The molecule has 1 aromatic rings. The van der Waals surface area contributed by atoms with Crippen LogP contribution in [0.5, 0.6) is 0 Å². The summed E-state index contributed by atoms with van der Waals surface area (Å²) in [6, 6.07) is 0.133. The molecule has 1 unspecified atom stereocenters. The van der Waals surface area contributed by atoms with Gasteiger partial charge in [-0.15, -0.1) is 5.10 Å². The Labute approximate surface area is 114 Å². The molecule has 1 amide bonds. The summed E-state index contributed by atoms with van der Waals surface area (Å²) in [5.41, 5.74) is 0. The second-order valence-corrected chi connectivity index (χ2v) is 5.00. The lowest BCUT2D eigenvalue weighted by molar-refractivity contribution is -0.138. The topological polar surface area (TPSA) is 110 Å². The zero-order valence-electron chi connectivity index (χ0n) is 10.9. The molecule has 0 spiro atoms. The van der Waals surface area contributed by atoms with Crippen LogP contribution < -0.4 is 5.32 Å². The first-order valence-corrected chi connectivity index (χ1v) is 6.91. The SMILES string of the molecule is CCCC(C)NC(=O)CSc1nnnn1CC(=O)O. The van der Waals surface area contributed by atoms with Crippen molar-refractivity contribution in [1.82, 2.24) is 25.5 Å². The number of nitrogens with zero attached hydrogens (tertiary/aromatic N) is 4. The Balaban J connectivity index is 2.42. The van der Waals surface area contributed by atoms with Gasteiger partial charge in [0.05, 0.1) is 5.75 Å². The van der Waals surface area contributed by atoms with E-state index in [-0.39, 0.29) is 24.2 Å². The van der Waals surface area contributed by atoms with E-state index in [1.807, 2.05) is 6.92 Å². The lowest BCUT2D eigenvalue weighted by Gasteiger charge is -2.12. The zero-order chi connectivity index (χ0) is 14.3. The summed E-state index contributed by atoms with van der Waals surface area (Å²) >= 11 is 1.12. The van der Waals surface area contributed by atoms with Crippen molar-refractivity contribution in [3.8, 4) is 0 Å². The number of hydrogen-bond donors (Lipinski definition) is 2. The van der Waals surface area contributed by atoms with Crippen molar-refractivity contribution >= 4 is 23.6 Å². The van der Waals surface area contributed by atoms with Gasteiger partial charge in [0.1, 0.15) is 6.54 Å². The molecule has 106 valence electrons. The van der Waals surface area contributed by atoms with Crippen LogP contribution in [0, 0.1) is 0 Å². The standard InChI is InChI=1S/C10H17N5O3S/c1-3-4-7(2)11-8(16)6-19-10-12-13-14-15(10)5-9(17)18/h7H,3-6H2,1-2H3,(H,11,16)(H,17,18). The quantitative estimate of drug-likeness (QED) is 0.655. The van der Waals surface area contributed by atoms with Crippen LogP contribution in [0.15, 0.2) is 5.16 Å². The molecule has 0 aliphatic heterocycles. The fourth-order valence-corrected chi connectivity index (χ4v) is 2.17. The van der Waals surface area contributed by atoms with E-state index >= 15 is 0 Å². The van der Waals surface area contributed by atoms with Crippen LogP contribution in [0.4, 0.5) is 0 Å². The average molecular weight is 287 g/mol. The number of carboxylic acids is 1. The molecule has 19 heavy (non-hydrogen) atoms. The van der Waals surface area contributed by atoms with Crippen LogP contribution in [0.25, 0.3) is 0 Å². The van der Waals surface area contributed by atoms with Crippen molar-refractivity contribution in [2.24, 2.45) is 0 Å². The maximum Gasteiger partial charge on any atom is 0.325 e. The van der Waals surface area contributed by atoms with Crippen LogP contribution in [0.2, 0.25) is 0 Å². The van der Waals surface area contributed by atoms with Gasteiger partial charge in [-0.1, -0.05) is 25.1 Å². The molecule has 0 aromatic carbocycles. The van der Waals surface area contributed by atoms with Crippen molar-refractivity contribution in [2.75, 3.05) is 5.75 Å². The summed E-state index contributed by atoms with van der Waals surface area (Å²) in [6.45, 7) is 3.68. The molecule has 0 fully saturated rings. The highest BCUT2D eigenvalue weighted by Crippen LogP contribution is 2.13. The van der Waals surface area contributed by atoms with Gasteiger partial charge < -0.3 is 10.4 Å². The van der Waals surface area contributed by atoms with Gasteiger partial charge in [0.25, 0.3) is 0 Å². The van der Waals surface area contributed by atoms with Crippen LogP contribution in [0.1, 0.15) is 26.7 Å². The number of hydrogen-bond acceptors (Lipinski definition) is 6. The Kier molecular flexibility index (Phi) is 6.26. The smallest absolute Gasteiger partial charge is 0.325 e. The first-order chi connectivity index (χ1) is 9.02. The maximum atomic E-state index is 11.6. The van der Waals surface area contributed by atoms with E-state index in [4.69, 9.17) is 5.11 Å². The van der Waals surface area contributed by atoms with E-state index < -0.39 is 5.97 Å². The normalized spacial score (nSPS) is 12.1. The van der Waals surface area contributed by atoms with Crippen LogP contribution in [-0.2, 0) is 16.1 Å². The summed E-state index contributed by atoms with van der Waals surface area (Å²) in [7, 11) is 0. The van der Waals surface area contributed by atoms with E-state index in [0.29, 0.717) is 5.16 Å². The molecule has 2 N–H and O–H groups in total. The summed E-state index contributed by atoms with van der Waals surface area (Å²) in [5, 5.41) is 22.4. The van der Waals surface area contributed by atoms with Gasteiger partial charge in [-0.25, -0.2) is 4.68 Å². The minimum Gasteiger partial charge on any atom is -0.480 e. The van der Waals surface area contributed by atoms with E-state index in [2.05, 4.69) is 27.8 Å². The molecule has 0 radical (unpaired) electrons. The van der Waals surface area contributed by atoms with E-state index in [0.717, 1.165) is 29.3 Å². The summed E-state index contributed by atoms with van der Waals surface area (Å²) < 4.78 is 1.15. The van der Waals surface area contributed by atoms with Crippen LogP contribution >= 0.6 is 11.8 Å². The Morgan fingerprint density at radius 1 is 1.53 bits per heavy atom. The second kappa shape index (κ2) is 7.72. The predicted molar refractivity (Wildman–Crippen MR) is 68.7 cm³/mol. The number of tetrazole rings is 1. The second-order valence-electron chi connectivity index (χ2n) is 4.06. The molecule has 1 heterocycles. The van der Waals surface area contributed by atoms with Gasteiger partial charge in [-0.3, -0.25) is 9.59 Å². The highest BCUT2D eigenvalue weighted by atomic mass is 32.2. The maximum absolute atomic E-state index is 11.6. The van der Waals surface area contributed by atoms with Crippen molar-refractivity contribution in [2.45, 2.75) is 44.4 Å². The minimum atomic E-state index is -1.03. The van der Waals surface area contributed by atoms with Gasteiger partial charge in [0.2, 0.25) is 11.1 Å². The molecule has 0 saturated carbocycles. The minimum absolute atomic E-state index is 0.115. The van der Waals surface area contributed by atoms with Gasteiger partial charge in [0, 0.05) is 6.04 Å². The zero-order valence-corrected chi connectivity index (χ0v) is 11.7. The number of aromatic nitrogens is 4. The number of carbonyl (C=O) groups excluding carboxylic acids is 1. The van der Waals surface area contributed by atoms with Gasteiger partial charge >= 0.3 is 5.97 Å². The van der Waals surface area contributed by atoms with Gasteiger partial charge in [0.15, 0.2) is 0 Å². The van der Waals surface area contributed by atoms with Crippen LogP contribution in [0.3, 0.4) is 0 Å². The molecule has 1 aromatic heterocycles. The fraction of sp³-hybridized carbons (Fsp3) is 0.700. The molecule has 0 aliphatic carbocycles. The Hall–Kier alpha value is -1.64. The molecule has 1 rings (SSSR count). The van der Waals surface area contributed by atoms with Gasteiger partial charge in [-0.2, -0.15) is 0 Å². The molecular weight excluding hydrogens is 270 g/mol. The molecule has 8 nitrogen and oxygen atoms in total. The summed E-state index contributed by atoms with van der Waals surface area (Å²) in [5.74, 6) is -0.986. The molecule has 9 heteroatoms. The number of nitrogens with one attached hydrogen (secondary N) is 1. The monoisotopic (exact) mass is 287 g/mol. The Morgan fingerprint density at radius 2 is 2.26 bits per heavy atom. The predicted octanol–water partition coefficient (Wildman–Crippen LogP) is 0.155. The third-order valence-electron chi connectivity index (χ3n) is 2.25. The molecular formula is C10H17N5O3S. The Morgan fingerprint density at radius 3 is 2.89 bits per heavy atom. The number of thioether (sulfide) groups is 1. The summed E-state index contributed by atoms with van der Waals surface area (Å²) in [6.07, 6.45) is 1.93. The number of rotatable bonds is 8. The number of amides is 1. The fourth-order valence-electron chi connectivity index (χ4n) is 1.48. The largest absolute Gasteiger partial charge is 0.480 e. The molecule has 0 bridgehead atoms. The first-order valence-electron chi connectivity index (χ1n) is 5.93. The van der Waals surface area contributed by atoms with Crippen molar-refractivity contribution in [3.05, 3.63) is 0 Å². The highest BCUT2D eigenvalue weighted by Gasteiger charge is 2.13. The van der Waals surface area contributed by atoms with Crippen LogP contribution in [-0.4, -0.2) is 49.0 Å². The Bertz CT molecular complexity index is 437. The van der Waals surface area contributed by atoms with Crippen molar-refractivity contribution < 1.29 is 14.7 Å². The molecule has 0 aliphatic rings. The lowest BCUT2D eigenvalue weighted by Crippen LogP contribution is -2.33. The highest BCUT2D eigenvalue weighted by molar-refractivity contribution is 7.99. The number of aliphatic carboxylic acids is 1. The number of carbonyl (C=O) groups is 2.